The van der Waals surface area contributed by atoms with Gasteiger partial charge in [0.05, 0.1) is 11.2 Å². The first kappa shape index (κ1) is 9.53. The van der Waals surface area contributed by atoms with Crippen molar-refractivity contribution in [3.63, 3.8) is 0 Å². The fourth-order valence-corrected chi connectivity index (χ4v) is 2.12. The quantitative estimate of drug-likeness (QED) is 0.654. The van der Waals surface area contributed by atoms with Gasteiger partial charge in [0.2, 0.25) is 6.79 Å². The van der Waals surface area contributed by atoms with E-state index in [2.05, 4.69) is 5.10 Å². The number of hydrogen-bond donors (Lipinski definition) is 0. The highest BCUT2D eigenvalue weighted by Crippen LogP contribution is 2.33. The van der Waals surface area contributed by atoms with Crippen LogP contribution in [0, 0.1) is 0 Å². The van der Waals surface area contributed by atoms with Crippen molar-refractivity contribution >= 4 is 10.9 Å². The second-order valence-corrected chi connectivity index (χ2v) is 4.17. The highest BCUT2D eigenvalue weighted by atomic mass is 16.7. The molecule has 0 spiro atoms. The molecule has 0 saturated carbocycles. The van der Waals surface area contributed by atoms with E-state index < -0.39 is 0 Å². The first-order valence-electron chi connectivity index (χ1n) is 5.75. The second-order valence-electron chi connectivity index (χ2n) is 4.17. The van der Waals surface area contributed by atoms with Crippen molar-refractivity contribution in [1.29, 1.82) is 0 Å². The van der Waals surface area contributed by atoms with E-state index in [1.54, 1.807) is 0 Å². The van der Waals surface area contributed by atoms with Gasteiger partial charge < -0.3 is 9.47 Å². The van der Waals surface area contributed by atoms with E-state index in [0.717, 1.165) is 28.1 Å². The summed E-state index contributed by atoms with van der Waals surface area (Å²) < 4.78 is 12.5. The summed E-state index contributed by atoms with van der Waals surface area (Å²) in [7, 11) is 0. The Kier molecular flexibility index (Phi) is 1.85. The third-order valence-corrected chi connectivity index (χ3v) is 3.03. The van der Waals surface area contributed by atoms with Gasteiger partial charge in [-0.05, 0) is 18.2 Å². The summed E-state index contributed by atoms with van der Waals surface area (Å²) in [5.41, 5.74) is 1.95. The molecule has 2 aromatic carbocycles. The number of hydrogen-bond acceptors (Lipinski definition) is 3. The minimum Gasteiger partial charge on any atom is -0.454 e. The maximum absolute atomic E-state index is 5.37. The molecular formula is C14H10N2O2. The second kappa shape index (κ2) is 3.50. The molecule has 1 aliphatic rings. The zero-order valence-corrected chi connectivity index (χ0v) is 9.54. The molecule has 3 aromatic rings. The number of nitrogens with zero attached hydrogens (tertiary/aromatic N) is 2. The molecule has 88 valence electrons. The number of aromatic nitrogens is 2. The van der Waals surface area contributed by atoms with E-state index in [4.69, 9.17) is 9.47 Å². The maximum Gasteiger partial charge on any atom is 0.231 e. The van der Waals surface area contributed by atoms with Crippen molar-refractivity contribution in [2.24, 2.45) is 0 Å². The van der Waals surface area contributed by atoms with Crippen molar-refractivity contribution in [1.82, 2.24) is 9.78 Å². The Hall–Kier alpha value is -2.49. The lowest BCUT2D eigenvalue weighted by Gasteiger charge is -2.02. The normalized spacial score (nSPS) is 13.1. The van der Waals surface area contributed by atoms with Gasteiger partial charge >= 0.3 is 0 Å². The Morgan fingerprint density at radius 3 is 2.83 bits per heavy atom. The molecule has 0 unspecified atom stereocenters. The number of fused-ring (bicyclic) bond motifs is 2. The zero-order valence-electron chi connectivity index (χ0n) is 9.54. The van der Waals surface area contributed by atoms with Crippen LogP contribution in [0.3, 0.4) is 0 Å². The van der Waals surface area contributed by atoms with Crippen molar-refractivity contribution in [3.8, 4) is 17.2 Å². The third kappa shape index (κ3) is 1.35. The molecule has 0 atom stereocenters. The lowest BCUT2D eigenvalue weighted by atomic mass is 10.2. The molecule has 0 radical (unpaired) electrons. The fraction of sp³-hybridized carbons (Fsp3) is 0.0714. The van der Waals surface area contributed by atoms with Crippen LogP contribution in [0.1, 0.15) is 0 Å². The Bertz CT molecular complexity index is 700. The van der Waals surface area contributed by atoms with Crippen molar-refractivity contribution < 1.29 is 9.47 Å². The molecule has 0 bridgehead atoms. The van der Waals surface area contributed by atoms with Gasteiger partial charge in [0.15, 0.2) is 11.5 Å². The molecular weight excluding hydrogens is 228 g/mol. The summed E-state index contributed by atoms with van der Waals surface area (Å²) in [6.45, 7) is 0.292. The smallest absolute Gasteiger partial charge is 0.231 e. The van der Waals surface area contributed by atoms with Crippen LogP contribution < -0.4 is 9.47 Å². The summed E-state index contributed by atoms with van der Waals surface area (Å²) in [5, 5.41) is 5.65. The van der Waals surface area contributed by atoms with Crippen LogP contribution in [0.5, 0.6) is 11.5 Å². The monoisotopic (exact) mass is 238 g/mol. The van der Waals surface area contributed by atoms with Gasteiger partial charge in [-0.1, -0.05) is 18.2 Å². The SMILES string of the molecule is c1ccc2nn(-c3ccc4c(c3)OCO4)cc2c1. The first-order chi connectivity index (χ1) is 8.90. The molecule has 4 rings (SSSR count). The minimum atomic E-state index is 0.292. The average Bonchev–Trinajstić information content (AvgIpc) is 3.04. The number of benzene rings is 2. The van der Waals surface area contributed by atoms with Gasteiger partial charge in [-0.2, -0.15) is 5.10 Å². The highest BCUT2D eigenvalue weighted by Gasteiger charge is 2.14. The van der Waals surface area contributed by atoms with Crippen LogP contribution in [0.15, 0.2) is 48.7 Å². The third-order valence-electron chi connectivity index (χ3n) is 3.03. The molecule has 0 aliphatic carbocycles. The van der Waals surface area contributed by atoms with E-state index in [9.17, 15) is 0 Å². The zero-order chi connectivity index (χ0) is 11.9. The minimum absolute atomic E-state index is 0.292. The molecule has 0 N–H and O–H groups in total. The van der Waals surface area contributed by atoms with Gasteiger partial charge in [0.25, 0.3) is 0 Å². The molecule has 2 heterocycles. The summed E-state index contributed by atoms with van der Waals surface area (Å²) in [4.78, 5) is 0. The van der Waals surface area contributed by atoms with Gasteiger partial charge in [-0.3, -0.25) is 0 Å². The molecule has 4 heteroatoms. The van der Waals surface area contributed by atoms with E-state index >= 15 is 0 Å². The predicted molar refractivity (Wildman–Crippen MR) is 67.2 cm³/mol. The van der Waals surface area contributed by atoms with Crippen LogP contribution >= 0.6 is 0 Å². The van der Waals surface area contributed by atoms with Crippen LogP contribution in [-0.2, 0) is 0 Å². The van der Waals surface area contributed by atoms with Gasteiger partial charge in [0.1, 0.15) is 0 Å². The van der Waals surface area contributed by atoms with Crippen LogP contribution in [0.2, 0.25) is 0 Å². The standard InChI is InChI=1S/C14H10N2O2/c1-2-4-12-10(3-1)8-16(15-12)11-5-6-13-14(7-11)18-9-17-13/h1-8H,9H2. The Morgan fingerprint density at radius 2 is 1.89 bits per heavy atom. The summed E-state index contributed by atoms with van der Waals surface area (Å²) in [5.74, 6) is 1.56. The first-order valence-corrected chi connectivity index (χ1v) is 5.75. The summed E-state index contributed by atoms with van der Waals surface area (Å²) in [6, 6.07) is 13.9. The maximum atomic E-state index is 5.37. The number of ether oxygens (including phenoxy) is 2. The Morgan fingerprint density at radius 1 is 1.00 bits per heavy atom. The van der Waals surface area contributed by atoms with Gasteiger partial charge in [0, 0.05) is 17.6 Å². The van der Waals surface area contributed by atoms with Crippen LogP contribution in [0.25, 0.3) is 16.6 Å². The molecule has 1 aliphatic heterocycles. The van der Waals surface area contributed by atoms with E-state index in [1.165, 1.54) is 0 Å². The predicted octanol–water partition coefficient (Wildman–Crippen LogP) is 2.75. The van der Waals surface area contributed by atoms with E-state index in [0.29, 0.717) is 6.79 Å². The molecule has 0 fully saturated rings. The molecule has 1 aromatic heterocycles. The Balaban J connectivity index is 1.86. The summed E-state index contributed by atoms with van der Waals surface area (Å²) >= 11 is 0. The van der Waals surface area contributed by atoms with Crippen LogP contribution in [0.4, 0.5) is 0 Å². The van der Waals surface area contributed by atoms with Crippen molar-refractivity contribution in [3.05, 3.63) is 48.7 Å². The van der Waals surface area contributed by atoms with E-state index in [1.807, 2.05) is 53.3 Å². The molecule has 18 heavy (non-hydrogen) atoms. The topological polar surface area (TPSA) is 36.3 Å². The molecule has 4 nitrogen and oxygen atoms in total. The lowest BCUT2D eigenvalue weighted by molar-refractivity contribution is 0.174. The summed E-state index contributed by atoms with van der Waals surface area (Å²) in [6.07, 6.45) is 2.01. The molecule has 0 saturated heterocycles. The van der Waals surface area contributed by atoms with Crippen molar-refractivity contribution in [2.45, 2.75) is 0 Å². The van der Waals surface area contributed by atoms with Gasteiger partial charge in [-0.15, -0.1) is 0 Å². The Labute approximate surface area is 103 Å². The van der Waals surface area contributed by atoms with E-state index in [-0.39, 0.29) is 0 Å². The largest absolute Gasteiger partial charge is 0.454 e. The van der Waals surface area contributed by atoms with Crippen molar-refractivity contribution in [2.75, 3.05) is 6.79 Å². The van der Waals surface area contributed by atoms with Crippen LogP contribution in [-0.4, -0.2) is 16.6 Å². The average molecular weight is 238 g/mol. The lowest BCUT2D eigenvalue weighted by Crippen LogP contribution is -1.94. The fourth-order valence-electron chi connectivity index (χ4n) is 2.12. The number of rotatable bonds is 1. The molecule has 0 amide bonds. The van der Waals surface area contributed by atoms with Gasteiger partial charge in [-0.25, -0.2) is 4.68 Å². The highest BCUT2D eigenvalue weighted by molar-refractivity contribution is 5.78.